The van der Waals surface area contributed by atoms with Gasteiger partial charge < -0.3 is 32.1 Å². The Hall–Kier alpha value is -2.69. The van der Waals surface area contributed by atoms with Crippen molar-refractivity contribution in [3.8, 4) is 0 Å². The lowest BCUT2D eigenvalue weighted by Crippen LogP contribution is -2.58. The van der Waals surface area contributed by atoms with Crippen LogP contribution in [-0.4, -0.2) is 65.4 Å². The third kappa shape index (κ3) is 8.06. The lowest BCUT2D eigenvalue weighted by atomic mass is 10.0. The number of rotatable bonds is 11. The number of nitrogens with two attached hydrogens (primary N) is 1. The second-order valence-electron chi connectivity index (χ2n) is 7.51. The molecule has 164 valence electrons. The van der Waals surface area contributed by atoms with Crippen molar-refractivity contribution in [2.75, 3.05) is 6.54 Å². The highest BCUT2D eigenvalue weighted by Gasteiger charge is 2.32. The molecule has 1 aliphatic rings. The maximum absolute atomic E-state index is 12.8. The minimum absolute atomic E-state index is 0.0951. The first-order chi connectivity index (χ1) is 13.5. The molecule has 1 fully saturated rings. The Bertz CT molecular complexity index is 632. The predicted octanol–water partition coefficient (Wildman–Crippen LogP) is -1.78. The topological polar surface area (TPSA) is 180 Å². The second-order valence-corrected chi connectivity index (χ2v) is 7.51. The molecule has 0 aromatic rings. The van der Waals surface area contributed by atoms with E-state index in [1.165, 1.54) is 6.92 Å². The molecule has 29 heavy (non-hydrogen) atoms. The van der Waals surface area contributed by atoms with Crippen molar-refractivity contribution < 1.29 is 29.1 Å². The number of aliphatic carboxylic acids is 1. The van der Waals surface area contributed by atoms with Gasteiger partial charge in [-0.1, -0.05) is 13.8 Å². The van der Waals surface area contributed by atoms with E-state index < -0.39 is 41.8 Å². The largest absolute Gasteiger partial charge is 0.480 e. The zero-order valence-corrected chi connectivity index (χ0v) is 17.0. The van der Waals surface area contributed by atoms with Gasteiger partial charge in [0.25, 0.3) is 0 Å². The molecule has 0 aromatic carbocycles. The Balaban J connectivity index is 2.84. The van der Waals surface area contributed by atoms with Gasteiger partial charge in [0, 0.05) is 6.42 Å². The zero-order valence-electron chi connectivity index (χ0n) is 17.0. The summed E-state index contributed by atoms with van der Waals surface area (Å²) in [6.45, 7) is 5.50. The molecule has 1 rings (SSSR count). The van der Waals surface area contributed by atoms with Crippen LogP contribution >= 0.6 is 0 Å². The number of carboxylic acid groups (broad SMARTS) is 1. The maximum Gasteiger partial charge on any atom is 0.325 e. The second kappa shape index (κ2) is 11.3. The number of nitrogens with one attached hydrogen (secondary N) is 4. The fourth-order valence-corrected chi connectivity index (χ4v) is 2.89. The van der Waals surface area contributed by atoms with Crippen LogP contribution in [0, 0.1) is 5.92 Å². The number of hydrogen-bond acceptors (Lipinski definition) is 6. The average molecular weight is 413 g/mol. The summed E-state index contributed by atoms with van der Waals surface area (Å²) in [4.78, 5) is 59.6. The van der Waals surface area contributed by atoms with Crippen LogP contribution < -0.4 is 27.0 Å². The molecule has 7 N–H and O–H groups in total. The van der Waals surface area contributed by atoms with Crippen LogP contribution in [0.4, 0.5) is 0 Å². The summed E-state index contributed by atoms with van der Waals surface area (Å²) in [5.41, 5.74) is 5.12. The smallest absolute Gasteiger partial charge is 0.325 e. The number of amides is 4. The van der Waals surface area contributed by atoms with Gasteiger partial charge in [-0.15, -0.1) is 0 Å². The minimum Gasteiger partial charge on any atom is -0.480 e. The number of carbonyl (C=O) groups is 5. The number of primary amides is 1. The molecule has 4 atom stereocenters. The molecular weight excluding hydrogens is 382 g/mol. The number of carbonyl (C=O) groups excluding carboxylic acids is 4. The summed E-state index contributed by atoms with van der Waals surface area (Å²) in [7, 11) is 0. The average Bonchev–Trinajstić information content (AvgIpc) is 3.16. The van der Waals surface area contributed by atoms with Crippen LogP contribution in [0.1, 0.15) is 46.5 Å². The Morgan fingerprint density at radius 3 is 2.21 bits per heavy atom. The van der Waals surface area contributed by atoms with Gasteiger partial charge in [-0.05, 0) is 38.6 Å². The number of carboxylic acids is 1. The van der Waals surface area contributed by atoms with Crippen molar-refractivity contribution in [2.45, 2.75) is 70.6 Å². The van der Waals surface area contributed by atoms with E-state index in [9.17, 15) is 24.0 Å². The van der Waals surface area contributed by atoms with Gasteiger partial charge in [0.15, 0.2) is 0 Å². The van der Waals surface area contributed by atoms with Crippen LogP contribution in [0.5, 0.6) is 0 Å². The Morgan fingerprint density at radius 1 is 1.07 bits per heavy atom. The standard InChI is InChI=1S/C18H31N5O6/c1-9(2)14(23-15(25)11-5-4-8-20-11)17(27)22-12(6-7-13(19)24)16(26)21-10(3)18(28)29/h9-12,14,20H,4-8H2,1-3H3,(H2,19,24)(H,21,26)(H,22,27)(H,23,25)(H,28,29). The van der Waals surface area contributed by atoms with Crippen molar-refractivity contribution in [3.63, 3.8) is 0 Å². The molecule has 1 saturated heterocycles. The van der Waals surface area contributed by atoms with Gasteiger partial charge in [-0.3, -0.25) is 24.0 Å². The van der Waals surface area contributed by atoms with Gasteiger partial charge in [-0.25, -0.2) is 0 Å². The SMILES string of the molecule is CC(NC(=O)C(CCC(N)=O)NC(=O)C(NC(=O)C1CCCN1)C(C)C)C(=O)O. The molecule has 11 nitrogen and oxygen atoms in total. The zero-order chi connectivity index (χ0) is 22.1. The molecular formula is C18H31N5O6. The predicted molar refractivity (Wildman–Crippen MR) is 103 cm³/mol. The van der Waals surface area contributed by atoms with Crippen LogP contribution in [0.25, 0.3) is 0 Å². The Labute approximate surface area is 169 Å². The molecule has 1 aliphatic heterocycles. The molecule has 4 unspecified atom stereocenters. The Kier molecular flexibility index (Phi) is 9.53. The van der Waals surface area contributed by atoms with Crippen molar-refractivity contribution in [3.05, 3.63) is 0 Å². The highest BCUT2D eigenvalue weighted by molar-refractivity contribution is 5.94. The molecule has 4 amide bonds. The molecule has 0 bridgehead atoms. The van der Waals surface area contributed by atoms with E-state index in [2.05, 4.69) is 21.3 Å². The molecule has 0 spiro atoms. The third-order valence-corrected chi connectivity index (χ3v) is 4.67. The number of hydrogen-bond donors (Lipinski definition) is 6. The van der Waals surface area contributed by atoms with Crippen molar-refractivity contribution in [2.24, 2.45) is 11.7 Å². The first-order valence-corrected chi connectivity index (χ1v) is 9.68. The van der Waals surface area contributed by atoms with E-state index in [0.29, 0.717) is 6.42 Å². The summed E-state index contributed by atoms with van der Waals surface area (Å²) in [5, 5.41) is 19.5. The molecule has 0 radical (unpaired) electrons. The lowest BCUT2D eigenvalue weighted by Gasteiger charge is -2.26. The van der Waals surface area contributed by atoms with Crippen molar-refractivity contribution in [1.29, 1.82) is 0 Å². The first kappa shape index (κ1) is 24.3. The third-order valence-electron chi connectivity index (χ3n) is 4.67. The van der Waals surface area contributed by atoms with Crippen LogP contribution in [0.2, 0.25) is 0 Å². The van der Waals surface area contributed by atoms with E-state index in [0.717, 1.165) is 13.0 Å². The summed E-state index contributed by atoms with van der Waals surface area (Å²) in [6.07, 6.45) is 1.27. The Morgan fingerprint density at radius 2 is 1.72 bits per heavy atom. The van der Waals surface area contributed by atoms with Crippen molar-refractivity contribution >= 4 is 29.6 Å². The van der Waals surface area contributed by atoms with Gasteiger partial charge in [0.1, 0.15) is 18.1 Å². The highest BCUT2D eigenvalue weighted by Crippen LogP contribution is 2.09. The summed E-state index contributed by atoms with van der Waals surface area (Å²) in [5.74, 6) is -3.81. The summed E-state index contributed by atoms with van der Waals surface area (Å²) < 4.78 is 0. The van der Waals surface area contributed by atoms with E-state index in [1.807, 2.05) is 0 Å². The highest BCUT2D eigenvalue weighted by atomic mass is 16.4. The van der Waals surface area contributed by atoms with E-state index in [4.69, 9.17) is 10.8 Å². The molecule has 0 aromatic heterocycles. The van der Waals surface area contributed by atoms with Crippen LogP contribution in [0.3, 0.4) is 0 Å². The first-order valence-electron chi connectivity index (χ1n) is 9.68. The van der Waals surface area contributed by atoms with Gasteiger partial charge in [0.2, 0.25) is 23.6 Å². The molecule has 11 heteroatoms. The van der Waals surface area contributed by atoms with Gasteiger partial charge >= 0.3 is 5.97 Å². The summed E-state index contributed by atoms with van der Waals surface area (Å²) >= 11 is 0. The van der Waals surface area contributed by atoms with Crippen LogP contribution in [-0.2, 0) is 24.0 Å². The van der Waals surface area contributed by atoms with E-state index in [1.54, 1.807) is 13.8 Å². The van der Waals surface area contributed by atoms with Crippen molar-refractivity contribution in [1.82, 2.24) is 21.3 Å². The maximum atomic E-state index is 12.8. The monoisotopic (exact) mass is 413 g/mol. The molecule has 1 heterocycles. The quantitative estimate of drug-likeness (QED) is 0.231. The minimum atomic E-state index is -1.24. The van der Waals surface area contributed by atoms with Gasteiger partial charge in [0.05, 0.1) is 6.04 Å². The van der Waals surface area contributed by atoms with E-state index in [-0.39, 0.29) is 30.7 Å². The van der Waals surface area contributed by atoms with Gasteiger partial charge in [-0.2, -0.15) is 0 Å². The van der Waals surface area contributed by atoms with E-state index >= 15 is 0 Å². The normalized spacial score (nSPS) is 19.1. The molecule has 0 aliphatic carbocycles. The fraction of sp³-hybridized carbons (Fsp3) is 0.722. The van der Waals surface area contributed by atoms with Crippen LogP contribution in [0.15, 0.2) is 0 Å². The fourth-order valence-electron chi connectivity index (χ4n) is 2.89. The lowest BCUT2D eigenvalue weighted by molar-refractivity contribution is -0.142. The summed E-state index contributed by atoms with van der Waals surface area (Å²) in [6, 6.07) is -3.61. The molecule has 0 saturated carbocycles.